The molecule has 0 aromatic heterocycles. The SMILES string of the molecule is CCC1CN(C#N)C(C)C1NC(=O)C(C)C. The first-order valence-corrected chi connectivity index (χ1v) is 5.98. The molecule has 3 atom stereocenters. The first-order chi connectivity index (χ1) is 7.51. The molecule has 1 aliphatic heterocycles. The predicted octanol–water partition coefficient (Wildman–Crippen LogP) is 1.34. The summed E-state index contributed by atoms with van der Waals surface area (Å²) in [5, 5.41) is 12.0. The highest BCUT2D eigenvalue weighted by Crippen LogP contribution is 2.25. The van der Waals surface area contributed by atoms with Crippen LogP contribution in [0.5, 0.6) is 0 Å². The normalized spacial score (nSPS) is 29.2. The zero-order chi connectivity index (χ0) is 12.3. The third kappa shape index (κ3) is 2.46. The molecule has 16 heavy (non-hydrogen) atoms. The standard InChI is InChI=1S/C12H21N3O/c1-5-10-6-15(7-13)9(4)11(10)14-12(16)8(2)3/h8-11H,5-6H2,1-4H3,(H,14,16). The molecule has 1 N–H and O–H groups in total. The Morgan fingerprint density at radius 3 is 2.69 bits per heavy atom. The Hall–Kier alpha value is -1.24. The number of rotatable bonds is 3. The number of amides is 1. The summed E-state index contributed by atoms with van der Waals surface area (Å²) >= 11 is 0. The molecule has 4 nitrogen and oxygen atoms in total. The molecule has 3 unspecified atom stereocenters. The maximum absolute atomic E-state index is 11.7. The highest BCUT2D eigenvalue weighted by atomic mass is 16.1. The maximum Gasteiger partial charge on any atom is 0.222 e. The van der Waals surface area contributed by atoms with Crippen molar-refractivity contribution in [1.82, 2.24) is 10.2 Å². The number of carbonyl (C=O) groups is 1. The summed E-state index contributed by atoms with van der Waals surface area (Å²) in [5.41, 5.74) is 0. The van der Waals surface area contributed by atoms with Crippen LogP contribution in [0, 0.1) is 23.3 Å². The van der Waals surface area contributed by atoms with Gasteiger partial charge < -0.3 is 10.2 Å². The molecule has 4 heteroatoms. The van der Waals surface area contributed by atoms with Crippen LogP contribution in [0.15, 0.2) is 0 Å². The molecule has 1 fully saturated rings. The number of nitriles is 1. The van der Waals surface area contributed by atoms with Crippen LogP contribution in [0.1, 0.15) is 34.1 Å². The highest BCUT2D eigenvalue weighted by Gasteiger charge is 2.38. The number of nitrogens with zero attached hydrogens (tertiary/aromatic N) is 2. The Bertz CT molecular complexity index is 295. The lowest BCUT2D eigenvalue weighted by molar-refractivity contribution is -0.125. The average molecular weight is 223 g/mol. The van der Waals surface area contributed by atoms with Gasteiger partial charge in [0.05, 0.1) is 12.1 Å². The predicted molar refractivity (Wildman–Crippen MR) is 62.3 cm³/mol. The van der Waals surface area contributed by atoms with Crippen molar-refractivity contribution in [1.29, 1.82) is 5.26 Å². The van der Waals surface area contributed by atoms with Gasteiger partial charge in [-0.3, -0.25) is 4.79 Å². The molecular formula is C12H21N3O. The Balaban J connectivity index is 2.70. The van der Waals surface area contributed by atoms with E-state index in [0.717, 1.165) is 13.0 Å². The van der Waals surface area contributed by atoms with E-state index in [9.17, 15) is 4.79 Å². The quantitative estimate of drug-likeness (QED) is 0.735. The first-order valence-electron chi connectivity index (χ1n) is 5.98. The van der Waals surface area contributed by atoms with Gasteiger partial charge in [0.25, 0.3) is 0 Å². The van der Waals surface area contributed by atoms with Crippen molar-refractivity contribution in [2.75, 3.05) is 6.54 Å². The van der Waals surface area contributed by atoms with Gasteiger partial charge in [-0.05, 0) is 19.3 Å². The summed E-state index contributed by atoms with van der Waals surface area (Å²) in [7, 11) is 0. The molecule has 0 spiro atoms. The summed E-state index contributed by atoms with van der Waals surface area (Å²) in [6.45, 7) is 8.64. The van der Waals surface area contributed by atoms with Gasteiger partial charge in [0.15, 0.2) is 6.19 Å². The fraction of sp³-hybridized carbons (Fsp3) is 0.833. The number of hydrogen-bond acceptors (Lipinski definition) is 3. The molecule has 0 aliphatic carbocycles. The lowest BCUT2D eigenvalue weighted by atomic mass is 9.96. The Morgan fingerprint density at radius 2 is 2.25 bits per heavy atom. The van der Waals surface area contributed by atoms with Crippen LogP contribution in [0.4, 0.5) is 0 Å². The van der Waals surface area contributed by atoms with Gasteiger partial charge in [0.1, 0.15) is 0 Å². The summed E-state index contributed by atoms with van der Waals surface area (Å²) in [6.07, 6.45) is 3.18. The van der Waals surface area contributed by atoms with Crippen LogP contribution < -0.4 is 5.32 Å². The Kier molecular flexibility index (Phi) is 4.17. The number of likely N-dealkylation sites (tertiary alicyclic amines) is 1. The molecule has 0 bridgehead atoms. The Labute approximate surface area is 97.6 Å². The summed E-state index contributed by atoms with van der Waals surface area (Å²) < 4.78 is 0. The van der Waals surface area contributed by atoms with E-state index in [1.54, 1.807) is 4.90 Å². The van der Waals surface area contributed by atoms with Crippen molar-refractivity contribution in [2.24, 2.45) is 11.8 Å². The molecule has 1 aliphatic rings. The molecule has 0 radical (unpaired) electrons. The van der Waals surface area contributed by atoms with Gasteiger partial charge in [0.2, 0.25) is 5.91 Å². The summed E-state index contributed by atoms with van der Waals surface area (Å²) in [4.78, 5) is 13.5. The average Bonchev–Trinajstić information content (AvgIpc) is 2.55. The van der Waals surface area contributed by atoms with E-state index in [1.807, 2.05) is 20.8 Å². The van der Waals surface area contributed by atoms with E-state index in [2.05, 4.69) is 18.4 Å². The van der Waals surface area contributed by atoms with E-state index in [0.29, 0.717) is 5.92 Å². The molecule has 0 saturated carbocycles. The molecule has 1 saturated heterocycles. The zero-order valence-electron chi connectivity index (χ0n) is 10.5. The van der Waals surface area contributed by atoms with Crippen molar-refractivity contribution in [3.63, 3.8) is 0 Å². The van der Waals surface area contributed by atoms with Crippen LogP contribution in [0.2, 0.25) is 0 Å². The van der Waals surface area contributed by atoms with E-state index in [-0.39, 0.29) is 23.9 Å². The topological polar surface area (TPSA) is 56.1 Å². The minimum atomic E-state index is 0.000779. The molecule has 0 aromatic rings. The van der Waals surface area contributed by atoms with Crippen LogP contribution in [-0.2, 0) is 4.79 Å². The van der Waals surface area contributed by atoms with Crippen molar-refractivity contribution in [2.45, 2.75) is 46.2 Å². The molecule has 1 heterocycles. The van der Waals surface area contributed by atoms with E-state index < -0.39 is 0 Å². The fourth-order valence-electron chi connectivity index (χ4n) is 2.20. The lowest BCUT2D eigenvalue weighted by Crippen LogP contribution is -2.46. The molecule has 1 amide bonds. The minimum absolute atomic E-state index is 0.000779. The van der Waals surface area contributed by atoms with Crippen molar-refractivity contribution >= 4 is 5.91 Å². The van der Waals surface area contributed by atoms with Crippen molar-refractivity contribution in [3.8, 4) is 6.19 Å². The second kappa shape index (κ2) is 5.20. The van der Waals surface area contributed by atoms with Crippen molar-refractivity contribution < 1.29 is 4.79 Å². The third-order valence-electron chi connectivity index (χ3n) is 3.44. The lowest BCUT2D eigenvalue weighted by Gasteiger charge is -2.24. The van der Waals surface area contributed by atoms with Crippen LogP contribution >= 0.6 is 0 Å². The molecule has 90 valence electrons. The summed E-state index contributed by atoms with van der Waals surface area (Å²) in [5.74, 6) is 0.466. The van der Waals surface area contributed by atoms with E-state index >= 15 is 0 Å². The van der Waals surface area contributed by atoms with Gasteiger partial charge in [-0.1, -0.05) is 20.8 Å². The van der Waals surface area contributed by atoms with E-state index in [1.165, 1.54) is 0 Å². The second-order valence-corrected chi connectivity index (χ2v) is 4.85. The minimum Gasteiger partial charge on any atom is -0.351 e. The highest BCUT2D eigenvalue weighted by molar-refractivity contribution is 5.78. The van der Waals surface area contributed by atoms with Gasteiger partial charge in [-0.25, -0.2) is 0 Å². The van der Waals surface area contributed by atoms with Gasteiger partial charge in [-0.2, -0.15) is 5.26 Å². The second-order valence-electron chi connectivity index (χ2n) is 4.85. The molecular weight excluding hydrogens is 202 g/mol. The van der Waals surface area contributed by atoms with Crippen LogP contribution in [-0.4, -0.2) is 29.4 Å². The number of nitrogens with one attached hydrogen (secondary N) is 1. The van der Waals surface area contributed by atoms with Gasteiger partial charge in [-0.15, -0.1) is 0 Å². The molecule has 1 rings (SSSR count). The third-order valence-corrected chi connectivity index (χ3v) is 3.44. The number of carbonyl (C=O) groups excluding carboxylic acids is 1. The van der Waals surface area contributed by atoms with Crippen LogP contribution in [0.25, 0.3) is 0 Å². The largest absolute Gasteiger partial charge is 0.351 e. The zero-order valence-corrected chi connectivity index (χ0v) is 10.5. The van der Waals surface area contributed by atoms with Gasteiger partial charge >= 0.3 is 0 Å². The fourth-order valence-corrected chi connectivity index (χ4v) is 2.20. The summed E-state index contributed by atoms with van der Waals surface area (Å²) in [6, 6.07) is 0.220. The molecule has 0 aromatic carbocycles. The monoisotopic (exact) mass is 223 g/mol. The first kappa shape index (κ1) is 12.8. The number of hydrogen-bond donors (Lipinski definition) is 1. The Morgan fingerprint density at radius 1 is 1.62 bits per heavy atom. The van der Waals surface area contributed by atoms with Crippen LogP contribution in [0.3, 0.4) is 0 Å². The van der Waals surface area contributed by atoms with E-state index in [4.69, 9.17) is 5.26 Å². The smallest absolute Gasteiger partial charge is 0.222 e. The van der Waals surface area contributed by atoms with Gasteiger partial charge in [0, 0.05) is 12.5 Å². The van der Waals surface area contributed by atoms with Crippen molar-refractivity contribution in [3.05, 3.63) is 0 Å². The maximum atomic E-state index is 11.7.